The van der Waals surface area contributed by atoms with E-state index in [0.717, 1.165) is 25.0 Å². The fourth-order valence-corrected chi connectivity index (χ4v) is 3.66. The summed E-state index contributed by atoms with van der Waals surface area (Å²) in [6.45, 7) is 0. The van der Waals surface area contributed by atoms with Gasteiger partial charge in [-0.3, -0.25) is 9.48 Å². The molecule has 1 aromatic rings. The van der Waals surface area contributed by atoms with Crippen molar-refractivity contribution in [2.75, 3.05) is 0 Å². The van der Waals surface area contributed by atoms with Gasteiger partial charge in [-0.05, 0) is 31.7 Å². The lowest BCUT2D eigenvalue weighted by Crippen LogP contribution is -2.47. The molecule has 0 unspecified atom stereocenters. The van der Waals surface area contributed by atoms with Crippen molar-refractivity contribution >= 4 is 5.91 Å². The second-order valence-electron chi connectivity index (χ2n) is 6.21. The predicted molar refractivity (Wildman–Crippen MR) is 73.8 cm³/mol. The van der Waals surface area contributed by atoms with Gasteiger partial charge in [-0.15, -0.1) is 0 Å². The van der Waals surface area contributed by atoms with E-state index in [1.807, 2.05) is 11.7 Å². The number of carbonyl (C=O) groups is 1. The van der Waals surface area contributed by atoms with E-state index in [1.54, 1.807) is 0 Å². The van der Waals surface area contributed by atoms with Crippen LogP contribution < -0.4 is 5.73 Å². The number of hydrogen-bond acceptors (Lipinski definition) is 2. The predicted octanol–water partition coefficient (Wildman–Crippen LogP) is 2.37. The first-order valence-electron chi connectivity index (χ1n) is 7.48. The number of nitrogens with zero attached hydrogens (tertiary/aromatic N) is 2. The van der Waals surface area contributed by atoms with E-state index in [4.69, 9.17) is 5.73 Å². The lowest BCUT2D eigenvalue weighted by Gasteiger charge is -2.37. The van der Waals surface area contributed by atoms with Crippen molar-refractivity contribution in [3.63, 3.8) is 0 Å². The second kappa shape index (κ2) is 4.66. The van der Waals surface area contributed by atoms with Gasteiger partial charge in [0.05, 0.1) is 11.1 Å². The van der Waals surface area contributed by atoms with Crippen LogP contribution in [0.2, 0.25) is 0 Å². The highest BCUT2D eigenvalue weighted by molar-refractivity contribution is 5.87. The normalized spacial score (nSPS) is 23.0. The summed E-state index contributed by atoms with van der Waals surface area (Å²) in [5, 5.41) is 4.62. The smallest absolute Gasteiger partial charge is 0.229 e. The molecule has 0 radical (unpaired) electrons. The van der Waals surface area contributed by atoms with E-state index < -0.39 is 5.41 Å². The highest BCUT2D eigenvalue weighted by Gasteiger charge is 2.46. The van der Waals surface area contributed by atoms with Crippen molar-refractivity contribution in [1.29, 1.82) is 0 Å². The van der Waals surface area contributed by atoms with Gasteiger partial charge in [0, 0.05) is 18.7 Å². The summed E-state index contributed by atoms with van der Waals surface area (Å²) in [7, 11) is 2.00. The number of aryl methyl sites for hydroxylation is 1. The third-order valence-electron chi connectivity index (χ3n) is 5.11. The fraction of sp³-hybridized carbons (Fsp3) is 0.733. The van der Waals surface area contributed by atoms with E-state index in [-0.39, 0.29) is 5.91 Å². The molecule has 3 rings (SSSR count). The molecule has 2 fully saturated rings. The lowest BCUT2D eigenvalue weighted by atomic mass is 9.66. The van der Waals surface area contributed by atoms with E-state index in [2.05, 4.69) is 11.2 Å². The molecular weight excluding hydrogens is 238 g/mol. The van der Waals surface area contributed by atoms with Crippen molar-refractivity contribution in [3.05, 3.63) is 17.5 Å². The molecule has 19 heavy (non-hydrogen) atoms. The average Bonchev–Trinajstić information content (AvgIpc) is 2.70. The van der Waals surface area contributed by atoms with Crippen LogP contribution in [-0.2, 0) is 17.3 Å². The van der Waals surface area contributed by atoms with Crippen molar-refractivity contribution in [1.82, 2.24) is 9.78 Å². The maximum Gasteiger partial charge on any atom is 0.229 e. The molecule has 2 N–H and O–H groups in total. The third kappa shape index (κ3) is 1.97. The van der Waals surface area contributed by atoms with Gasteiger partial charge in [0.1, 0.15) is 0 Å². The Balaban J connectivity index is 1.90. The van der Waals surface area contributed by atoms with Crippen LogP contribution in [0.15, 0.2) is 6.07 Å². The number of rotatable bonds is 3. The Kier molecular flexibility index (Phi) is 3.11. The molecule has 1 aromatic heterocycles. The largest absolute Gasteiger partial charge is 0.369 e. The van der Waals surface area contributed by atoms with Crippen LogP contribution >= 0.6 is 0 Å². The Labute approximate surface area is 114 Å². The molecule has 0 bridgehead atoms. The molecule has 4 nitrogen and oxygen atoms in total. The Morgan fingerprint density at radius 2 is 2.00 bits per heavy atom. The Hall–Kier alpha value is -1.32. The minimum absolute atomic E-state index is 0.202. The number of hydrogen-bond donors (Lipinski definition) is 1. The van der Waals surface area contributed by atoms with Crippen molar-refractivity contribution in [2.24, 2.45) is 12.8 Å². The summed E-state index contributed by atoms with van der Waals surface area (Å²) in [6, 6.07) is 2.15. The van der Waals surface area contributed by atoms with Crippen LogP contribution in [0.4, 0.5) is 0 Å². The molecule has 0 aliphatic heterocycles. The maximum absolute atomic E-state index is 11.8. The number of aromatic nitrogens is 2. The van der Waals surface area contributed by atoms with Crippen LogP contribution in [-0.4, -0.2) is 15.7 Å². The van der Waals surface area contributed by atoms with Crippen LogP contribution in [0.3, 0.4) is 0 Å². The molecule has 0 aromatic carbocycles. The minimum atomic E-state index is -0.468. The number of carbonyl (C=O) groups excluding carboxylic acids is 1. The molecule has 1 amide bonds. The Morgan fingerprint density at radius 1 is 1.32 bits per heavy atom. The van der Waals surface area contributed by atoms with E-state index in [0.29, 0.717) is 5.92 Å². The first kappa shape index (κ1) is 12.7. The summed E-state index contributed by atoms with van der Waals surface area (Å²) in [5.41, 5.74) is 7.35. The number of nitrogens with two attached hydrogens (primary N) is 1. The minimum Gasteiger partial charge on any atom is -0.369 e. The standard InChI is InChI=1S/C15H23N3O/c1-18-12(11-6-3-2-4-7-11)10-13(17-18)15(14(16)19)8-5-9-15/h10-11H,2-9H2,1H3,(H2,16,19). The van der Waals surface area contributed by atoms with Gasteiger partial charge in [-0.25, -0.2) is 0 Å². The van der Waals surface area contributed by atoms with Crippen molar-refractivity contribution in [2.45, 2.75) is 62.7 Å². The van der Waals surface area contributed by atoms with Crippen molar-refractivity contribution < 1.29 is 4.79 Å². The first-order chi connectivity index (χ1) is 9.13. The summed E-state index contributed by atoms with van der Waals surface area (Å²) < 4.78 is 1.98. The summed E-state index contributed by atoms with van der Waals surface area (Å²) in [5.74, 6) is 0.414. The molecule has 0 spiro atoms. The number of amides is 1. The molecule has 0 saturated heterocycles. The van der Waals surface area contributed by atoms with Gasteiger partial charge in [-0.1, -0.05) is 25.7 Å². The molecule has 2 aliphatic rings. The second-order valence-corrected chi connectivity index (χ2v) is 6.21. The lowest BCUT2D eigenvalue weighted by molar-refractivity contribution is -0.126. The highest BCUT2D eigenvalue weighted by Crippen LogP contribution is 2.44. The average molecular weight is 261 g/mol. The maximum atomic E-state index is 11.8. The summed E-state index contributed by atoms with van der Waals surface area (Å²) in [6.07, 6.45) is 9.29. The number of primary amides is 1. The van der Waals surface area contributed by atoms with Crippen LogP contribution in [0.5, 0.6) is 0 Å². The van der Waals surface area contributed by atoms with Crippen LogP contribution in [0, 0.1) is 0 Å². The van der Waals surface area contributed by atoms with Crippen LogP contribution in [0.1, 0.15) is 68.7 Å². The van der Waals surface area contributed by atoms with Crippen LogP contribution in [0.25, 0.3) is 0 Å². The van der Waals surface area contributed by atoms with E-state index in [9.17, 15) is 4.79 Å². The third-order valence-corrected chi connectivity index (χ3v) is 5.11. The molecular formula is C15H23N3O. The molecule has 0 atom stereocenters. The monoisotopic (exact) mass is 261 g/mol. The van der Waals surface area contributed by atoms with Gasteiger partial charge in [0.25, 0.3) is 0 Å². The topological polar surface area (TPSA) is 60.9 Å². The van der Waals surface area contributed by atoms with Gasteiger partial charge < -0.3 is 5.73 Å². The van der Waals surface area contributed by atoms with E-state index in [1.165, 1.54) is 37.8 Å². The molecule has 2 aliphatic carbocycles. The fourth-order valence-electron chi connectivity index (χ4n) is 3.66. The first-order valence-corrected chi connectivity index (χ1v) is 7.48. The zero-order valence-electron chi connectivity index (χ0n) is 11.7. The zero-order chi connectivity index (χ0) is 13.5. The van der Waals surface area contributed by atoms with Gasteiger partial charge >= 0.3 is 0 Å². The summed E-state index contributed by atoms with van der Waals surface area (Å²) >= 11 is 0. The molecule has 1 heterocycles. The quantitative estimate of drug-likeness (QED) is 0.908. The van der Waals surface area contributed by atoms with Gasteiger partial charge in [-0.2, -0.15) is 5.10 Å². The Morgan fingerprint density at radius 3 is 2.53 bits per heavy atom. The SMILES string of the molecule is Cn1nc(C2(C(N)=O)CCC2)cc1C1CCCCC1. The van der Waals surface area contributed by atoms with E-state index >= 15 is 0 Å². The molecule has 2 saturated carbocycles. The zero-order valence-corrected chi connectivity index (χ0v) is 11.7. The molecule has 104 valence electrons. The van der Waals surface area contributed by atoms with Crippen molar-refractivity contribution in [3.8, 4) is 0 Å². The Bertz CT molecular complexity index is 482. The highest BCUT2D eigenvalue weighted by atomic mass is 16.1. The summed E-state index contributed by atoms with van der Waals surface area (Å²) in [4.78, 5) is 11.8. The van der Waals surface area contributed by atoms with Gasteiger partial charge in [0.2, 0.25) is 5.91 Å². The van der Waals surface area contributed by atoms with Gasteiger partial charge in [0.15, 0.2) is 0 Å². The molecule has 4 heteroatoms.